The van der Waals surface area contributed by atoms with Gasteiger partial charge in [0.15, 0.2) is 0 Å². The molecule has 3 rings (SSSR count). The van der Waals surface area contributed by atoms with Crippen molar-refractivity contribution >= 4 is 10.8 Å². The molecule has 2 aromatic carbocycles. The summed E-state index contributed by atoms with van der Waals surface area (Å²) in [6, 6.07) is 10.9. The number of pyridine rings is 1. The van der Waals surface area contributed by atoms with Crippen LogP contribution in [0, 0.1) is 11.6 Å². The summed E-state index contributed by atoms with van der Waals surface area (Å²) in [5.74, 6) is -1.17. The highest BCUT2D eigenvalue weighted by Gasteiger charge is 2.12. The van der Waals surface area contributed by atoms with Gasteiger partial charge in [-0.25, -0.2) is 8.78 Å². The van der Waals surface area contributed by atoms with Crippen molar-refractivity contribution in [2.24, 2.45) is 5.73 Å². The highest BCUT2D eigenvalue weighted by atomic mass is 19.1. The van der Waals surface area contributed by atoms with Crippen LogP contribution in [-0.4, -0.2) is 4.98 Å². The van der Waals surface area contributed by atoms with Gasteiger partial charge >= 0.3 is 0 Å². The lowest BCUT2D eigenvalue weighted by atomic mass is 9.95. The molecule has 21 heavy (non-hydrogen) atoms. The van der Waals surface area contributed by atoms with Crippen molar-refractivity contribution in [3.05, 3.63) is 77.6 Å². The Morgan fingerprint density at radius 3 is 2.57 bits per heavy atom. The molecule has 2 nitrogen and oxygen atoms in total. The third-order valence-corrected chi connectivity index (χ3v) is 3.49. The van der Waals surface area contributed by atoms with Crippen molar-refractivity contribution in [2.75, 3.05) is 0 Å². The van der Waals surface area contributed by atoms with Crippen LogP contribution in [0.25, 0.3) is 10.8 Å². The molecule has 1 unspecified atom stereocenters. The van der Waals surface area contributed by atoms with Crippen molar-refractivity contribution in [3.63, 3.8) is 0 Å². The monoisotopic (exact) mass is 284 g/mol. The standard InChI is InChI=1S/C17H14F2N2/c18-13-6-11(7-14(19)9-13)8-17(20)15-3-1-2-12-4-5-21-10-16(12)15/h1-7,9-10,17H,8,20H2. The zero-order chi connectivity index (χ0) is 14.8. The Bertz CT molecular complexity index is 761. The second kappa shape index (κ2) is 5.58. The lowest BCUT2D eigenvalue weighted by Gasteiger charge is -2.15. The highest BCUT2D eigenvalue weighted by Crippen LogP contribution is 2.25. The molecule has 4 heteroatoms. The van der Waals surface area contributed by atoms with Gasteiger partial charge in [0.05, 0.1) is 0 Å². The molecule has 0 aliphatic heterocycles. The first kappa shape index (κ1) is 13.6. The average molecular weight is 284 g/mol. The highest BCUT2D eigenvalue weighted by molar-refractivity contribution is 5.85. The summed E-state index contributed by atoms with van der Waals surface area (Å²) in [7, 11) is 0. The molecular formula is C17H14F2N2. The Hall–Kier alpha value is -2.33. The van der Waals surface area contributed by atoms with E-state index in [1.54, 1.807) is 12.4 Å². The third kappa shape index (κ3) is 2.90. The van der Waals surface area contributed by atoms with Crippen LogP contribution in [0.3, 0.4) is 0 Å². The van der Waals surface area contributed by atoms with Crippen molar-refractivity contribution in [2.45, 2.75) is 12.5 Å². The molecule has 0 saturated heterocycles. The van der Waals surface area contributed by atoms with Gasteiger partial charge in [0.1, 0.15) is 11.6 Å². The zero-order valence-corrected chi connectivity index (χ0v) is 11.3. The second-order valence-electron chi connectivity index (χ2n) is 5.03. The normalized spacial score (nSPS) is 12.5. The van der Waals surface area contributed by atoms with Crippen LogP contribution < -0.4 is 5.73 Å². The van der Waals surface area contributed by atoms with Crippen LogP contribution >= 0.6 is 0 Å². The van der Waals surface area contributed by atoms with E-state index in [4.69, 9.17) is 5.73 Å². The Kier molecular flexibility index (Phi) is 3.62. The summed E-state index contributed by atoms with van der Waals surface area (Å²) in [6.45, 7) is 0. The molecule has 0 fully saturated rings. The smallest absolute Gasteiger partial charge is 0.126 e. The number of nitrogens with two attached hydrogens (primary N) is 1. The molecule has 0 spiro atoms. The van der Waals surface area contributed by atoms with Crippen molar-refractivity contribution in [3.8, 4) is 0 Å². The van der Waals surface area contributed by atoms with Crippen LogP contribution in [-0.2, 0) is 6.42 Å². The SMILES string of the molecule is NC(Cc1cc(F)cc(F)c1)c1cccc2ccncc12. The molecular weight excluding hydrogens is 270 g/mol. The van der Waals surface area contributed by atoms with Crippen LogP contribution in [0.15, 0.2) is 54.9 Å². The number of aromatic nitrogens is 1. The minimum atomic E-state index is -0.586. The lowest BCUT2D eigenvalue weighted by Crippen LogP contribution is -2.14. The minimum Gasteiger partial charge on any atom is -0.324 e. The summed E-state index contributed by atoms with van der Waals surface area (Å²) in [4.78, 5) is 4.12. The van der Waals surface area contributed by atoms with E-state index in [1.165, 1.54) is 12.1 Å². The van der Waals surface area contributed by atoms with Gasteiger partial charge < -0.3 is 5.73 Å². The third-order valence-electron chi connectivity index (χ3n) is 3.49. The maximum Gasteiger partial charge on any atom is 0.126 e. The number of benzene rings is 2. The van der Waals surface area contributed by atoms with E-state index in [0.29, 0.717) is 12.0 Å². The average Bonchev–Trinajstić information content (AvgIpc) is 2.45. The van der Waals surface area contributed by atoms with E-state index in [-0.39, 0.29) is 6.04 Å². The number of nitrogens with zero attached hydrogens (tertiary/aromatic N) is 1. The summed E-state index contributed by atoms with van der Waals surface area (Å²) in [6.07, 6.45) is 3.85. The largest absolute Gasteiger partial charge is 0.324 e. The summed E-state index contributed by atoms with van der Waals surface area (Å²) in [5.41, 5.74) is 7.68. The van der Waals surface area contributed by atoms with Gasteiger partial charge in [0.2, 0.25) is 0 Å². The molecule has 0 bridgehead atoms. The predicted molar refractivity (Wildman–Crippen MR) is 78.7 cm³/mol. The molecule has 0 aliphatic rings. The van der Waals surface area contributed by atoms with E-state index in [1.807, 2.05) is 24.3 Å². The predicted octanol–water partition coefficient (Wildman–Crippen LogP) is 3.76. The topological polar surface area (TPSA) is 38.9 Å². The van der Waals surface area contributed by atoms with Crippen molar-refractivity contribution < 1.29 is 8.78 Å². The lowest BCUT2D eigenvalue weighted by molar-refractivity contribution is 0.576. The maximum atomic E-state index is 13.2. The summed E-state index contributed by atoms with van der Waals surface area (Å²) >= 11 is 0. The number of rotatable bonds is 3. The molecule has 0 aliphatic carbocycles. The summed E-state index contributed by atoms with van der Waals surface area (Å²) < 4.78 is 26.5. The van der Waals surface area contributed by atoms with E-state index < -0.39 is 11.6 Å². The van der Waals surface area contributed by atoms with Crippen LogP contribution in [0.4, 0.5) is 8.78 Å². The minimum absolute atomic E-state index is 0.348. The number of fused-ring (bicyclic) bond motifs is 1. The summed E-state index contributed by atoms with van der Waals surface area (Å²) in [5, 5.41) is 2.01. The second-order valence-corrected chi connectivity index (χ2v) is 5.03. The molecule has 0 amide bonds. The molecule has 0 saturated carbocycles. The van der Waals surface area contributed by atoms with Gasteiger partial charge in [-0.15, -0.1) is 0 Å². The molecule has 3 aromatic rings. The molecule has 1 heterocycles. The fourth-order valence-electron chi connectivity index (χ4n) is 2.55. The molecule has 0 radical (unpaired) electrons. The first-order valence-corrected chi connectivity index (χ1v) is 6.66. The quantitative estimate of drug-likeness (QED) is 0.795. The van der Waals surface area contributed by atoms with Gasteiger partial charge in [-0.2, -0.15) is 0 Å². The molecule has 1 atom stereocenters. The van der Waals surface area contributed by atoms with Crippen LogP contribution in [0.5, 0.6) is 0 Å². The Balaban J connectivity index is 1.95. The first-order valence-electron chi connectivity index (χ1n) is 6.66. The van der Waals surface area contributed by atoms with Gasteiger partial charge in [0, 0.05) is 29.9 Å². The van der Waals surface area contributed by atoms with E-state index in [0.717, 1.165) is 22.4 Å². The first-order chi connectivity index (χ1) is 10.1. The van der Waals surface area contributed by atoms with Gasteiger partial charge in [-0.3, -0.25) is 4.98 Å². The van der Waals surface area contributed by atoms with Gasteiger partial charge in [-0.05, 0) is 41.1 Å². The molecule has 1 aromatic heterocycles. The van der Waals surface area contributed by atoms with Gasteiger partial charge in [-0.1, -0.05) is 18.2 Å². The Morgan fingerprint density at radius 1 is 1.05 bits per heavy atom. The van der Waals surface area contributed by atoms with Crippen molar-refractivity contribution in [1.82, 2.24) is 4.98 Å². The van der Waals surface area contributed by atoms with E-state index in [9.17, 15) is 8.78 Å². The van der Waals surface area contributed by atoms with E-state index >= 15 is 0 Å². The molecule has 2 N–H and O–H groups in total. The Labute approximate surface area is 121 Å². The maximum absolute atomic E-state index is 13.2. The van der Waals surface area contributed by atoms with Gasteiger partial charge in [0.25, 0.3) is 0 Å². The fraction of sp³-hybridized carbons (Fsp3) is 0.118. The number of hydrogen-bond acceptors (Lipinski definition) is 2. The zero-order valence-electron chi connectivity index (χ0n) is 11.3. The molecule has 106 valence electrons. The Morgan fingerprint density at radius 2 is 1.81 bits per heavy atom. The number of halogens is 2. The van der Waals surface area contributed by atoms with Crippen molar-refractivity contribution in [1.29, 1.82) is 0 Å². The van der Waals surface area contributed by atoms with Crippen LogP contribution in [0.2, 0.25) is 0 Å². The van der Waals surface area contributed by atoms with E-state index in [2.05, 4.69) is 4.98 Å². The number of hydrogen-bond donors (Lipinski definition) is 1. The fourth-order valence-corrected chi connectivity index (χ4v) is 2.55. The van der Waals surface area contributed by atoms with Crippen LogP contribution in [0.1, 0.15) is 17.2 Å².